The zero-order valence-electron chi connectivity index (χ0n) is 8.98. The van der Waals surface area contributed by atoms with Crippen LogP contribution in [-0.4, -0.2) is 33.9 Å². The normalized spacial score (nSPS) is 25.0. The largest absolute Gasteiger partial charge is 0.408 e. The fraction of sp³-hybridized carbons (Fsp3) is 0.556. The Morgan fingerprint density at radius 2 is 2.18 bits per heavy atom. The number of carbonyl (C=O) groups excluding carboxylic acids is 1. The van der Waals surface area contributed by atoms with E-state index in [-0.39, 0.29) is 11.9 Å². The molecule has 94 valence electrons. The molecule has 5 nitrogen and oxygen atoms in total. The van der Waals surface area contributed by atoms with E-state index in [1.165, 1.54) is 17.3 Å². The second kappa shape index (κ2) is 3.73. The molecular weight excluding hydrogens is 237 g/mol. The predicted octanol–water partition coefficient (Wildman–Crippen LogP) is 0.508. The van der Waals surface area contributed by atoms with Gasteiger partial charge in [0.15, 0.2) is 0 Å². The molecule has 1 aromatic heterocycles. The molecule has 0 unspecified atom stereocenters. The number of carbonyl (C=O) groups is 1. The van der Waals surface area contributed by atoms with Gasteiger partial charge in [0, 0.05) is 6.20 Å². The molecule has 1 aliphatic heterocycles. The SMILES string of the molecule is C[C@@H]1[C@@H](N)C(=O)N1c1cnn(CC(F)(F)F)c1. The molecule has 0 saturated carbocycles. The van der Waals surface area contributed by atoms with Crippen LogP contribution in [0.2, 0.25) is 0 Å². The second-order valence-electron chi connectivity index (χ2n) is 3.99. The van der Waals surface area contributed by atoms with Crippen LogP contribution >= 0.6 is 0 Å². The number of amides is 1. The van der Waals surface area contributed by atoms with Gasteiger partial charge in [-0.15, -0.1) is 0 Å². The second-order valence-corrected chi connectivity index (χ2v) is 3.99. The fourth-order valence-electron chi connectivity index (χ4n) is 1.76. The van der Waals surface area contributed by atoms with Crippen LogP contribution in [0.15, 0.2) is 12.4 Å². The zero-order valence-corrected chi connectivity index (χ0v) is 8.98. The van der Waals surface area contributed by atoms with E-state index in [1.54, 1.807) is 6.92 Å². The highest BCUT2D eigenvalue weighted by atomic mass is 19.4. The Morgan fingerprint density at radius 1 is 1.53 bits per heavy atom. The number of nitrogens with two attached hydrogens (primary N) is 1. The molecule has 1 fully saturated rings. The number of nitrogens with zero attached hydrogens (tertiary/aromatic N) is 3. The van der Waals surface area contributed by atoms with Gasteiger partial charge in [-0.2, -0.15) is 18.3 Å². The van der Waals surface area contributed by atoms with Gasteiger partial charge in [-0.3, -0.25) is 9.48 Å². The quantitative estimate of drug-likeness (QED) is 0.775. The molecule has 2 rings (SSSR count). The van der Waals surface area contributed by atoms with Crippen LogP contribution in [-0.2, 0) is 11.3 Å². The summed E-state index contributed by atoms with van der Waals surface area (Å²) in [6.07, 6.45) is -1.91. The molecule has 2 heterocycles. The highest BCUT2D eigenvalue weighted by Gasteiger charge is 2.43. The van der Waals surface area contributed by atoms with E-state index in [9.17, 15) is 18.0 Å². The summed E-state index contributed by atoms with van der Waals surface area (Å²) >= 11 is 0. The van der Waals surface area contributed by atoms with E-state index < -0.39 is 18.8 Å². The van der Waals surface area contributed by atoms with Crippen LogP contribution < -0.4 is 10.6 Å². The van der Waals surface area contributed by atoms with Crippen LogP contribution in [0.4, 0.5) is 18.9 Å². The zero-order chi connectivity index (χ0) is 12.8. The molecule has 1 aromatic rings. The van der Waals surface area contributed by atoms with E-state index >= 15 is 0 Å². The highest BCUT2D eigenvalue weighted by Crippen LogP contribution is 2.27. The lowest BCUT2D eigenvalue weighted by Gasteiger charge is -2.42. The lowest BCUT2D eigenvalue weighted by atomic mass is 9.97. The van der Waals surface area contributed by atoms with Crippen molar-refractivity contribution in [2.75, 3.05) is 4.90 Å². The molecule has 0 radical (unpaired) electrons. The summed E-state index contributed by atoms with van der Waals surface area (Å²) in [5.41, 5.74) is 5.84. The van der Waals surface area contributed by atoms with Crippen molar-refractivity contribution in [2.45, 2.75) is 31.7 Å². The fourth-order valence-corrected chi connectivity index (χ4v) is 1.76. The minimum Gasteiger partial charge on any atom is -0.318 e. The molecule has 1 saturated heterocycles. The van der Waals surface area contributed by atoms with Crippen molar-refractivity contribution in [1.29, 1.82) is 0 Å². The van der Waals surface area contributed by atoms with Crippen LogP contribution in [0.25, 0.3) is 0 Å². The molecule has 8 heteroatoms. The first kappa shape index (κ1) is 11.9. The Labute approximate surface area is 95.0 Å². The van der Waals surface area contributed by atoms with Crippen molar-refractivity contribution < 1.29 is 18.0 Å². The maximum Gasteiger partial charge on any atom is 0.408 e. The van der Waals surface area contributed by atoms with Gasteiger partial charge in [-0.05, 0) is 6.92 Å². The number of aromatic nitrogens is 2. The number of halogens is 3. The third-order valence-electron chi connectivity index (χ3n) is 2.69. The number of hydrogen-bond donors (Lipinski definition) is 1. The molecule has 17 heavy (non-hydrogen) atoms. The summed E-state index contributed by atoms with van der Waals surface area (Å²) in [5.74, 6) is -0.302. The summed E-state index contributed by atoms with van der Waals surface area (Å²) in [6.45, 7) is 0.558. The first-order valence-electron chi connectivity index (χ1n) is 4.97. The monoisotopic (exact) mass is 248 g/mol. The minimum atomic E-state index is -4.33. The average molecular weight is 248 g/mol. The Bertz CT molecular complexity index is 442. The topological polar surface area (TPSA) is 64.2 Å². The van der Waals surface area contributed by atoms with Crippen LogP contribution in [0.5, 0.6) is 0 Å². The summed E-state index contributed by atoms with van der Waals surface area (Å²) in [6, 6.07) is -0.799. The highest BCUT2D eigenvalue weighted by molar-refractivity contribution is 6.05. The van der Waals surface area contributed by atoms with Crippen LogP contribution in [0.3, 0.4) is 0 Å². The summed E-state index contributed by atoms with van der Waals surface area (Å²) < 4.78 is 37.1. The van der Waals surface area contributed by atoms with Gasteiger partial charge in [-0.1, -0.05) is 0 Å². The Hall–Kier alpha value is -1.57. The molecule has 2 atom stereocenters. The Balaban J connectivity index is 2.12. The van der Waals surface area contributed by atoms with Crippen molar-refractivity contribution in [1.82, 2.24) is 9.78 Å². The van der Waals surface area contributed by atoms with E-state index in [1.807, 2.05) is 0 Å². The van der Waals surface area contributed by atoms with E-state index in [0.717, 1.165) is 4.68 Å². The molecule has 0 aromatic carbocycles. The summed E-state index contributed by atoms with van der Waals surface area (Å²) in [4.78, 5) is 12.7. The summed E-state index contributed by atoms with van der Waals surface area (Å²) in [7, 11) is 0. The van der Waals surface area contributed by atoms with E-state index in [4.69, 9.17) is 5.73 Å². The first-order chi connectivity index (χ1) is 7.79. The van der Waals surface area contributed by atoms with Gasteiger partial charge in [0.1, 0.15) is 12.6 Å². The lowest BCUT2D eigenvalue weighted by molar-refractivity contribution is -0.142. The van der Waals surface area contributed by atoms with E-state index in [2.05, 4.69) is 5.10 Å². The van der Waals surface area contributed by atoms with Crippen molar-refractivity contribution in [2.24, 2.45) is 5.73 Å². The summed E-state index contributed by atoms with van der Waals surface area (Å²) in [5, 5.41) is 3.56. The number of alkyl halides is 3. The Kier molecular flexibility index (Phi) is 2.61. The predicted molar refractivity (Wildman–Crippen MR) is 53.2 cm³/mol. The van der Waals surface area contributed by atoms with Gasteiger partial charge >= 0.3 is 6.18 Å². The number of anilines is 1. The average Bonchev–Trinajstić information content (AvgIpc) is 2.63. The van der Waals surface area contributed by atoms with Gasteiger partial charge in [-0.25, -0.2) is 0 Å². The molecule has 0 bridgehead atoms. The molecule has 1 aliphatic rings. The third-order valence-corrected chi connectivity index (χ3v) is 2.69. The van der Waals surface area contributed by atoms with Gasteiger partial charge in [0.25, 0.3) is 0 Å². The van der Waals surface area contributed by atoms with Crippen LogP contribution in [0.1, 0.15) is 6.92 Å². The molecule has 0 aliphatic carbocycles. The maximum absolute atomic E-state index is 12.1. The smallest absolute Gasteiger partial charge is 0.318 e. The molecule has 1 amide bonds. The van der Waals surface area contributed by atoms with E-state index in [0.29, 0.717) is 5.69 Å². The molecule has 2 N–H and O–H groups in total. The van der Waals surface area contributed by atoms with Crippen molar-refractivity contribution in [3.05, 3.63) is 12.4 Å². The van der Waals surface area contributed by atoms with Gasteiger partial charge in [0.05, 0.1) is 17.9 Å². The van der Waals surface area contributed by atoms with Crippen molar-refractivity contribution >= 4 is 11.6 Å². The lowest BCUT2D eigenvalue weighted by Crippen LogP contribution is -2.67. The Morgan fingerprint density at radius 3 is 2.71 bits per heavy atom. The van der Waals surface area contributed by atoms with Gasteiger partial charge < -0.3 is 10.6 Å². The number of rotatable bonds is 2. The van der Waals surface area contributed by atoms with Gasteiger partial charge in [0.2, 0.25) is 5.91 Å². The number of hydrogen-bond acceptors (Lipinski definition) is 3. The maximum atomic E-state index is 12.1. The molecule has 0 spiro atoms. The third kappa shape index (κ3) is 2.12. The minimum absolute atomic E-state index is 0.217. The number of β-lactam (4-membered cyclic amide) rings is 1. The first-order valence-corrected chi connectivity index (χ1v) is 4.97. The van der Waals surface area contributed by atoms with Crippen molar-refractivity contribution in [3.8, 4) is 0 Å². The van der Waals surface area contributed by atoms with Crippen molar-refractivity contribution in [3.63, 3.8) is 0 Å². The van der Waals surface area contributed by atoms with Crippen LogP contribution in [0, 0.1) is 0 Å². The molecular formula is C9H11F3N4O. The standard InChI is InChI=1S/C9H11F3N4O/c1-5-7(13)8(17)16(5)6-2-14-15(3-6)4-9(10,11)12/h2-3,5,7H,4,13H2,1H3/t5-,7-/m1/s1.